The lowest BCUT2D eigenvalue weighted by atomic mass is 10.2. The Balaban J connectivity index is 1.50. The molecule has 1 aromatic carbocycles. The number of hydrogen-bond donors (Lipinski definition) is 2. The molecule has 206 valence electrons. The van der Waals surface area contributed by atoms with Gasteiger partial charge in [0.1, 0.15) is 16.0 Å². The van der Waals surface area contributed by atoms with Crippen LogP contribution in [0, 0.1) is 0 Å². The Morgan fingerprint density at radius 2 is 1.85 bits per heavy atom. The van der Waals surface area contributed by atoms with E-state index < -0.39 is 23.0 Å². The van der Waals surface area contributed by atoms with Gasteiger partial charge in [-0.1, -0.05) is 12.1 Å². The first-order valence-corrected chi connectivity index (χ1v) is 13.9. The summed E-state index contributed by atoms with van der Waals surface area (Å²) in [5, 5.41) is 5.65. The molecule has 1 aliphatic heterocycles. The monoisotopic (exact) mass is 551 g/mol. The number of aromatic nitrogens is 3. The first kappa shape index (κ1) is 26.8. The van der Waals surface area contributed by atoms with Gasteiger partial charge in [0, 0.05) is 38.9 Å². The van der Waals surface area contributed by atoms with Crippen LogP contribution in [0.3, 0.4) is 0 Å². The summed E-state index contributed by atoms with van der Waals surface area (Å²) in [6.45, 7) is 9.14. The van der Waals surface area contributed by atoms with Gasteiger partial charge in [-0.15, -0.1) is 11.3 Å². The number of rotatable bonds is 5. The highest BCUT2D eigenvalue weighted by molar-refractivity contribution is 7.24. The van der Waals surface area contributed by atoms with Crippen LogP contribution in [0.5, 0.6) is 0 Å². The summed E-state index contributed by atoms with van der Waals surface area (Å²) in [7, 11) is 2.10. The maximum atomic E-state index is 13.7. The minimum atomic E-state index is -0.620. The normalized spacial score (nSPS) is 15.0. The fourth-order valence-corrected chi connectivity index (χ4v) is 5.81. The van der Waals surface area contributed by atoms with Crippen molar-refractivity contribution in [2.45, 2.75) is 32.8 Å². The smallest absolute Gasteiger partial charge is 0.407 e. The summed E-state index contributed by atoms with van der Waals surface area (Å²) in [4.78, 5) is 53.3. The maximum absolute atomic E-state index is 13.7. The van der Waals surface area contributed by atoms with E-state index in [0.29, 0.717) is 16.4 Å². The van der Waals surface area contributed by atoms with E-state index in [1.54, 1.807) is 20.8 Å². The molecule has 2 N–H and O–H groups in total. The van der Waals surface area contributed by atoms with E-state index in [-0.39, 0.29) is 24.0 Å². The number of fused-ring (bicyclic) bond motifs is 5. The SMILES string of the molecule is CN1CCCN(c2ncc3c(=O)c(C(=O)NCCNC(=O)OC(C)(C)C)c4sc5ccccc5n4c3n2)CC1. The predicted molar refractivity (Wildman–Crippen MR) is 153 cm³/mol. The van der Waals surface area contributed by atoms with Crippen molar-refractivity contribution in [3.05, 3.63) is 46.2 Å². The minimum absolute atomic E-state index is 0.0358. The Hall–Kier alpha value is -3.77. The highest BCUT2D eigenvalue weighted by atomic mass is 32.1. The summed E-state index contributed by atoms with van der Waals surface area (Å²) in [6, 6.07) is 7.77. The topological polar surface area (TPSA) is 121 Å². The van der Waals surface area contributed by atoms with Crippen molar-refractivity contribution in [3.63, 3.8) is 0 Å². The number of carbonyl (C=O) groups is 2. The molecule has 12 heteroatoms. The van der Waals surface area contributed by atoms with Crippen LogP contribution in [-0.2, 0) is 4.74 Å². The van der Waals surface area contributed by atoms with Crippen LogP contribution in [0.1, 0.15) is 37.6 Å². The summed E-state index contributed by atoms with van der Waals surface area (Å²) < 4.78 is 8.04. The van der Waals surface area contributed by atoms with Crippen LogP contribution >= 0.6 is 11.3 Å². The predicted octanol–water partition coefficient (Wildman–Crippen LogP) is 2.85. The molecule has 0 spiro atoms. The third kappa shape index (κ3) is 5.66. The molecule has 0 saturated carbocycles. The number of para-hydroxylation sites is 1. The average molecular weight is 552 g/mol. The fourth-order valence-electron chi connectivity index (χ4n) is 4.63. The van der Waals surface area contributed by atoms with E-state index in [1.165, 1.54) is 17.5 Å². The number of amides is 2. The molecule has 0 unspecified atom stereocenters. The van der Waals surface area contributed by atoms with E-state index in [4.69, 9.17) is 9.72 Å². The fraction of sp³-hybridized carbons (Fsp3) is 0.444. The molecule has 0 bridgehead atoms. The number of alkyl carbamates (subject to hydrolysis) is 1. The lowest BCUT2D eigenvalue weighted by Crippen LogP contribution is -2.39. The van der Waals surface area contributed by atoms with Gasteiger partial charge in [0.05, 0.1) is 15.6 Å². The standard InChI is InChI=1S/C27H33N7O4S/c1-27(2,3)38-26(37)29-11-10-28-23(36)20-21(35)17-16-30-25(33-13-7-12-32(4)14-15-33)31-22(17)34-18-8-5-6-9-19(18)39-24(20)34/h5-6,8-9,16H,7,10-15H2,1-4H3,(H,28,36)(H,29,37). The molecule has 3 aromatic heterocycles. The lowest BCUT2D eigenvalue weighted by Gasteiger charge is -2.20. The Bertz CT molecular complexity index is 1610. The van der Waals surface area contributed by atoms with Crippen LogP contribution in [0.2, 0.25) is 0 Å². The molecule has 39 heavy (non-hydrogen) atoms. The van der Waals surface area contributed by atoms with Crippen LogP contribution < -0.4 is 21.0 Å². The van der Waals surface area contributed by atoms with Crippen molar-refractivity contribution in [3.8, 4) is 0 Å². The number of likely N-dealkylation sites (N-methyl/N-ethyl adjacent to an activating group) is 1. The van der Waals surface area contributed by atoms with Gasteiger partial charge in [-0.2, -0.15) is 4.98 Å². The lowest BCUT2D eigenvalue weighted by molar-refractivity contribution is 0.0526. The molecule has 5 rings (SSSR count). The van der Waals surface area contributed by atoms with Crippen molar-refractivity contribution in [2.75, 3.05) is 51.2 Å². The van der Waals surface area contributed by atoms with Gasteiger partial charge in [-0.3, -0.25) is 14.0 Å². The second kappa shape index (κ2) is 10.8. The number of benzene rings is 1. The Kier molecular flexibility index (Phi) is 7.41. The molecule has 1 saturated heterocycles. The third-order valence-electron chi connectivity index (χ3n) is 6.48. The van der Waals surface area contributed by atoms with Crippen LogP contribution in [0.4, 0.5) is 10.7 Å². The van der Waals surface area contributed by atoms with Crippen molar-refractivity contribution in [1.82, 2.24) is 29.9 Å². The summed E-state index contributed by atoms with van der Waals surface area (Å²) in [5.41, 5.74) is 0.345. The molecule has 4 aromatic rings. The molecule has 0 atom stereocenters. The van der Waals surface area contributed by atoms with Gasteiger partial charge in [-0.05, 0) is 52.9 Å². The Labute approximate surface area is 229 Å². The summed E-state index contributed by atoms with van der Waals surface area (Å²) >= 11 is 1.37. The molecule has 11 nitrogen and oxygen atoms in total. The van der Waals surface area contributed by atoms with Gasteiger partial charge >= 0.3 is 6.09 Å². The van der Waals surface area contributed by atoms with Crippen LogP contribution in [0.15, 0.2) is 35.3 Å². The number of carbonyl (C=O) groups excluding carboxylic acids is 2. The second-order valence-electron chi connectivity index (χ2n) is 10.7. The second-order valence-corrected chi connectivity index (χ2v) is 11.7. The zero-order chi connectivity index (χ0) is 27.7. The average Bonchev–Trinajstić information content (AvgIpc) is 3.12. The first-order chi connectivity index (χ1) is 18.6. The maximum Gasteiger partial charge on any atom is 0.407 e. The van der Waals surface area contributed by atoms with Gasteiger partial charge in [0.15, 0.2) is 5.65 Å². The molecule has 4 heterocycles. The van der Waals surface area contributed by atoms with Crippen molar-refractivity contribution in [1.29, 1.82) is 0 Å². The highest BCUT2D eigenvalue weighted by Gasteiger charge is 2.24. The summed E-state index contributed by atoms with van der Waals surface area (Å²) in [5.74, 6) is 0.0586. The van der Waals surface area contributed by atoms with E-state index in [1.807, 2.05) is 28.7 Å². The number of thiazole rings is 1. The van der Waals surface area contributed by atoms with E-state index in [0.717, 1.165) is 42.8 Å². The van der Waals surface area contributed by atoms with Gasteiger partial charge in [0.25, 0.3) is 5.91 Å². The van der Waals surface area contributed by atoms with E-state index >= 15 is 0 Å². The number of pyridine rings is 1. The van der Waals surface area contributed by atoms with Crippen molar-refractivity contribution in [2.24, 2.45) is 0 Å². The minimum Gasteiger partial charge on any atom is -0.444 e. The Morgan fingerprint density at radius 3 is 2.64 bits per heavy atom. The summed E-state index contributed by atoms with van der Waals surface area (Å²) in [6.07, 6.45) is 1.96. The van der Waals surface area contributed by atoms with Crippen LogP contribution in [-0.4, -0.2) is 83.2 Å². The molecular weight excluding hydrogens is 518 g/mol. The number of hydrogen-bond acceptors (Lipinski definition) is 9. The largest absolute Gasteiger partial charge is 0.444 e. The zero-order valence-electron chi connectivity index (χ0n) is 22.6. The van der Waals surface area contributed by atoms with Crippen LogP contribution in [0.25, 0.3) is 26.1 Å². The first-order valence-electron chi connectivity index (χ1n) is 13.0. The quantitative estimate of drug-likeness (QED) is 0.363. The third-order valence-corrected chi connectivity index (χ3v) is 7.62. The molecule has 1 aliphatic rings. The van der Waals surface area contributed by atoms with E-state index in [9.17, 15) is 14.4 Å². The van der Waals surface area contributed by atoms with Gasteiger partial charge in [-0.25, -0.2) is 9.78 Å². The Morgan fingerprint density at radius 1 is 1.08 bits per heavy atom. The number of nitrogens with one attached hydrogen (secondary N) is 2. The number of ether oxygens (including phenoxy) is 1. The molecule has 1 fully saturated rings. The molecule has 0 aliphatic carbocycles. The number of nitrogens with zero attached hydrogens (tertiary/aromatic N) is 5. The van der Waals surface area contributed by atoms with E-state index in [2.05, 4.69) is 32.5 Å². The van der Waals surface area contributed by atoms with Crippen molar-refractivity contribution < 1.29 is 14.3 Å². The van der Waals surface area contributed by atoms with Gasteiger partial charge < -0.3 is 25.2 Å². The van der Waals surface area contributed by atoms with Gasteiger partial charge in [0.2, 0.25) is 11.4 Å². The molecule has 2 amide bonds. The zero-order valence-corrected chi connectivity index (χ0v) is 23.4. The highest BCUT2D eigenvalue weighted by Crippen LogP contribution is 2.31. The molecule has 0 radical (unpaired) electrons. The van der Waals surface area contributed by atoms with Crippen molar-refractivity contribution >= 4 is 55.4 Å². The molecular formula is C27H33N7O4S. The number of anilines is 1.